The SMILES string of the molecule is Cc1c(C(=O)NCC(C)C)cnn1-c1ccc([N+](=O)[O-])cc1. The van der Waals surface area contributed by atoms with Crippen LogP contribution in [0.25, 0.3) is 5.69 Å². The van der Waals surface area contributed by atoms with Crippen molar-refractivity contribution in [2.24, 2.45) is 5.92 Å². The molecule has 7 nitrogen and oxygen atoms in total. The third-order valence-electron chi connectivity index (χ3n) is 3.23. The van der Waals surface area contributed by atoms with Crippen molar-refractivity contribution >= 4 is 11.6 Å². The fourth-order valence-corrected chi connectivity index (χ4v) is 2.00. The number of amides is 1. The molecule has 1 heterocycles. The molecule has 0 saturated heterocycles. The number of nitro benzene ring substituents is 1. The van der Waals surface area contributed by atoms with Gasteiger partial charge in [-0.15, -0.1) is 0 Å². The van der Waals surface area contributed by atoms with Crippen LogP contribution in [0.15, 0.2) is 30.5 Å². The van der Waals surface area contributed by atoms with Crippen LogP contribution < -0.4 is 5.32 Å². The van der Waals surface area contributed by atoms with Crippen LogP contribution in [0.2, 0.25) is 0 Å². The average molecular weight is 302 g/mol. The van der Waals surface area contributed by atoms with Gasteiger partial charge in [-0.2, -0.15) is 5.10 Å². The van der Waals surface area contributed by atoms with Gasteiger partial charge in [0.2, 0.25) is 0 Å². The normalized spacial score (nSPS) is 10.7. The Morgan fingerprint density at radius 1 is 1.36 bits per heavy atom. The molecule has 7 heteroatoms. The topological polar surface area (TPSA) is 90.1 Å². The lowest BCUT2D eigenvalue weighted by atomic mass is 10.2. The number of rotatable bonds is 5. The first-order chi connectivity index (χ1) is 10.4. The van der Waals surface area contributed by atoms with Gasteiger partial charge in [0.25, 0.3) is 11.6 Å². The second-order valence-corrected chi connectivity index (χ2v) is 5.43. The number of carbonyl (C=O) groups excluding carboxylic acids is 1. The molecule has 0 fully saturated rings. The number of non-ortho nitro benzene ring substituents is 1. The van der Waals surface area contributed by atoms with Crippen LogP contribution in [0.4, 0.5) is 5.69 Å². The van der Waals surface area contributed by atoms with Crippen LogP contribution in [0, 0.1) is 23.0 Å². The second kappa shape index (κ2) is 6.38. The Morgan fingerprint density at radius 2 is 2.00 bits per heavy atom. The van der Waals surface area contributed by atoms with Crippen molar-refractivity contribution in [3.63, 3.8) is 0 Å². The van der Waals surface area contributed by atoms with Crippen LogP contribution in [-0.4, -0.2) is 27.2 Å². The summed E-state index contributed by atoms with van der Waals surface area (Å²) in [6, 6.07) is 6.03. The minimum atomic E-state index is -0.454. The van der Waals surface area contributed by atoms with Crippen LogP contribution in [0.1, 0.15) is 29.9 Å². The van der Waals surface area contributed by atoms with Crippen LogP contribution in [0.5, 0.6) is 0 Å². The Balaban J connectivity index is 2.23. The van der Waals surface area contributed by atoms with Crippen molar-refractivity contribution in [2.75, 3.05) is 6.54 Å². The van der Waals surface area contributed by atoms with Gasteiger partial charge in [-0.3, -0.25) is 14.9 Å². The second-order valence-electron chi connectivity index (χ2n) is 5.43. The standard InChI is InChI=1S/C15H18N4O3/c1-10(2)8-16-15(20)14-9-17-18(11(14)3)12-4-6-13(7-5-12)19(21)22/h4-7,9-10H,8H2,1-3H3,(H,16,20). The molecule has 0 saturated carbocycles. The van der Waals surface area contributed by atoms with Gasteiger partial charge in [0.15, 0.2) is 0 Å². The lowest BCUT2D eigenvalue weighted by molar-refractivity contribution is -0.384. The fourth-order valence-electron chi connectivity index (χ4n) is 2.00. The van der Waals surface area contributed by atoms with E-state index in [9.17, 15) is 14.9 Å². The van der Waals surface area contributed by atoms with E-state index in [4.69, 9.17) is 0 Å². The average Bonchev–Trinajstić information content (AvgIpc) is 2.86. The number of nitro groups is 1. The first-order valence-electron chi connectivity index (χ1n) is 6.97. The van der Waals surface area contributed by atoms with Crippen molar-refractivity contribution in [1.82, 2.24) is 15.1 Å². The maximum Gasteiger partial charge on any atom is 0.269 e. The molecule has 2 aromatic rings. The summed E-state index contributed by atoms with van der Waals surface area (Å²) in [5.74, 6) is 0.202. The number of hydrogen-bond acceptors (Lipinski definition) is 4. The number of aromatic nitrogens is 2. The first-order valence-corrected chi connectivity index (χ1v) is 6.97. The molecule has 0 bridgehead atoms. The number of hydrogen-bond donors (Lipinski definition) is 1. The molecule has 0 radical (unpaired) electrons. The molecule has 116 valence electrons. The van der Waals surface area contributed by atoms with Gasteiger partial charge in [-0.25, -0.2) is 4.68 Å². The largest absolute Gasteiger partial charge is 0.352 e. The zero-order valence-corrected chi connectivity index (χ0v) is 12.7. The van der Waals surface area contributed by atoms with Crippen molar-refractivity contribution in [3.05, 3.63) is 51.8 Å². The molecular formula is C15H18N4O3. The smallest absolute Gasteiger partial charge is 0.269 e. The van der Waals surface area contributed by atoms with E-state index in [0.29, 0.717) is 29.4 Å². The summed E-state index contributed by atoms with van der Waals surface area (Å²) >= 11 is 0. The summed E-state index contributed by atoms with van der Waals surface area (Å²) in [4.78, 5) is 22.3. The van der Waals surface area contributed by atoms with Gasteiger partial charge in [0, 0.05) is 18.7 Å². The van der Waals surface area contributed by atoms with E-state index >= 15 is 0 Å². The van der Waals surface area contributed by atoms with Crippen molar-refractivity contribution in [3.8, 4) is 5.69 Å². The first kappa shape index (κ1) is 15.7. The predicted octanol–water partition coefficient (Wildman–Crippen LogP) is 2.47. The van der Waals surface area contributed by atoms with Crippen molar-refractivity contribution < 1.29 is 9.72 Å². The molecule has 22 heavy (non-hydrogen) atoms. The summed E-state index contributed by atoms with van der Waals surface area (Å²) in [6.07, 6.45) is 1.51. The van der Waals surface area contributed by atoms with E-state index in [1.165, 1.54) is 18.3 Å². The number of benzene rings is 1. The van der Waals surface area contributed by atoms with E-state index in [1.807, 2.05) is 13.8 Å². The van der Waals surface area contributed by atoms with Gasteiger partial charge in [0.05, 0.1) is 28.1 Å². The molecule has 0 atom stereocenters. The monoisotopic (exact) mass is 302 g/mol. The quantitative estimate of drug-likeness (QED) is 0.678. The predicted molar refractivity (Wildman–Crippen MR) is 82.1 cm³/mol. The van der Waals surface area contributed by atoms with E-state index in [-0.39, 0.29) is 11.6 Å². The Bertz CT molecular complexity index is 689. The van der Waals surface area contributed by atoms with E-state index in [2.05, 4.69) is 10.4 Å². The number of nitrogens with one attached hydrogen (secondary N) is 1. The summed E-state index contributed by atoms with van der Waals surface area (Å²) in [7, 11) is 0. The molecule has 0 unspecified atom stereocenters. The third kappa shape index (κ3) is 3.30. The maximum absolute atomic E-state index is 12.1. The lowest BCUT2D eigenvalue weighted by Gasteiger charge is -2.08. The highest BCUT2D eigenvalue weighted by molar-refractivity contribution is 5.95. The molecular weight excluding hydrogens is 284 g/mol. The van der Waals surface area contributed by atoms with E-state index in [0.717, 1.165) is 0 Å². The zero-order chi connectivity index (χ0) is 16.3. The molecule has 1 aromatic carbocycles. The van der Waals surface area contributed by atoms with Gasteiger partial charge in [-0.05, 0) is 25.0 Å². The molecule has 0 spiro atoms. The highest BCUT2D eigenvalue weighted by Crippen LogP contribution is 2.18. The molecule has 1 aromatic heterocycles. The Morgan fingerprint density at radius 3 is 2.55 bits per heavy atom. The molecule has 2 rings (SSSR count). The minimum absolute atomic E-state index is 0.0171. The van der Waals surface area contributed by atoms with E-state index < -0.39 is 4.92 Å². The third-order valence-corrected chi connectivity index (χ3v) is 3.23. The molecule has 0 aliphatic carbocycles. The Kier molecular flexibility index (Phi) is 4.55. The summed E-state index contributed by atoms with van der Waals surface area (Å²) in [6.45, 7) is 6.43. The maximum atomic E-state index is 12.1. The summed E-state index contributed by atoms with van der Waals surface area (Å²) in [5, 5.41) is 17.7. The van der Waals surface area contributed by atoms with Crippen molar-refractivity contribution in [1.29, 1.82) is 0 Å². The molecule has 0 aliphatic rings. The Labute approximate surface area is 128 Å². The molecule has 0 aliphatic heterocycles. The molecule has 1 N–H and O–H groups in total. The number of carbonyl (C=O) groups is 1. The van der Waals surface area contributed by atoms with Gasteiger partial charge in [-0.1, -0.05) is 13.8 Å². The lowest BCUT2D eigenvalue weighted by Crippen LogP contribution is -2.27. The molecule has 1 amide bonds. The summed E-state index contributed by atoms with van der Waals surface area (Å²) < 4.78 is 1.59. The van der Waals surface area contributed by atoms with Crippen LogP contribution in [-0.2, 0) is 0 Å². The van der Waals surface area contributed by atoms with Gasteiger partial charge >= 0.3 is 0 Å². The minimum Gasteiger partial charge on any atom is -0.352 e. The van der Waals surface area contributed by atoms with Crippen molar-refractivity contribution in [2.45, 2.75) is 20.8 Å². The zero-order valence-electron chi connectivity index (χ0n) is 12.7. The van der Waals surface area contributed by atoms with Gasteiger partial charge < -0.3 is 5.32 Å². The fraction of sp³-hybridized carbons (Fsp3) is 0.333. The van der Waals surface area contributed by atoms with Crippen LogP contribution >= 0.6 is 0 Å². The number of nitrogens with zero attached hydrogens (tertiary/aromatic N) is 3. The van der Waals surface area contributed by atoms with Crippen LogP contribution in [0.3, 0.4) is 0 Å². The highest BCUT2D eigenvalue weighted by atomic mass is 16.6. The Hall–Kier alpha value is -2.70. The van der Waals surface area contributed by atoms with Gasteiger partial charge in [0.1, 0.15) is 0 Å². The highest BCUT2D eigenvalue weighted by Gasteiger charge is 2.15. The summed E-state index contributed by atoms with van der Waals surface area (Å²) in [5.41, 5.74) is 1.88. The van der Waals surface area contributed by atoms with E-state index in [1.54, 1.807) is 23.7 Å².